The minimum Gasteiger partial charge on any atom is -0.302 e. The highest BCUT2D eigenvalue weighted by atomic mass is 32.1. The van der Waals surface area contributed by atoms with Crippen LogP contribution in [-0.4, -0.2) is 15.9 Å². The Kier molecular flexibility index (Phi) is 4.23. The van der Waals surface area contributed by atoms with Crippen molar-refractivity contribution in [3.8, 4) is 0 Å². The van der Waals surface area contributed by atoms with Crippen LogP contribution in [0.5, 0.6) is 0 Å². The molecule has 2 heterocycles. The summed E-state index contributed by atoms with van der Waals surface area (Å²) in [4.78, 5) is 21.5. The van der Waals surface area contributed by atoms with E-state index in [0.29, 0.717) is 11.0 Å². The van der Waals surface area contributed by atoms with Gasteiger partial charge in [-0.15, -0.1) is 11.3 Å². The standard InChI is InChI=1S/C19H17N3OS2/c1-11(2)18-20-13(10-24-18)9-16(23)21-19-22-17-14-6-4-3-5-12(14)7-8-15(17)25-19/h3-8,10-11H,9H2,1-2H3,(H,21,22,23). The second-order valence-electron chi connectivity index (χ2n) is 6.21. The zero-order valence-corrected chi connectivity index (χ0v) is 15.6. The van der Waals surface area contributed by atoms with Gasteiger partial charge in [-0.25, -0.2) is 9.97 Å². The number of rotatable bonds is 4. The largest absolute Gasteiger partial charge is 0.302 e. The molecular formula is C19H17N3OS2. The molecule has 25 heavy (non-hydrogen) atoms. The zero-order valence-electron chi connectivity index (χ0n) is 13.9. The van der Waals surface area contributed by atoms with Crippen molar-refractivity contribution in [1.82, 2.24) is 9.97 Å². The molecule has 1 N–H and O–H groups in total. The molecule has 0 fully saturated rings. The molecule has 0 unspecified atom stereocenters. The van der Waals surface area contributed by atoms with Gasteiger partial charge in [-0.3, -0.25) is 4.79 Å². The maximum atomic E-state index is 12.3. The summed E-state index contributed by atoms with van der Waals surface area (Å²) in [5.74, 6) is 0.309. The molecule has 0 saturated carbocycles. The third-order valence-corrected chi connectivity index (χ3v) is 6.07. The number of amides is 1. The highest BCUT2D eigenvalue weighted by molar-refractivity contribution is 7.22. The molecule has 4 aromatic rings. The lowest BCUT2D eigenvalue weighted by atomic mass is 10.1. The van der Waals surface area contributed by atoms with Gasteiger partial charge in [0.25, 0.3) is 0 Å². The Hall–Kier alpha value is -2.31. The van der Waals surface area contributed by atoms with E-state index in [-0.39, 0.29) is 12.3 Å². The van der Waals surface area contributed by atoms with E-state index in [1.165, 1.54) is 11.3 Å². The van der Waals surface area contributed by atoms with Crippen molar-refractivity contribution in [2.75, 3.05) is 5.32 Å². The molecule has 126 valence electrons. The van der Waals surface area contributed by atoms with Crippen molar-refractivity contribution in [3.05, 3.63) is 52.5 Å². The molecule has 2 aromatic heterocycles. The lowest BCUT2D eigenvalue weighted by Crippen LogP contribution is -2.14. The number of aromatic nitrogens is 2. The smallest absolute Gasteiger partial charge is 0.232 e. The molecule has 4 nitrogen and oxygen atoms in total. The summed E-state index contributed by atoms with van der Waals surface area (Å²) >= 11 is 3.11. The number of anilines is 1. The SMILES string of the molecule is CC(C)c1nc(CC(=O)Nc2nc3c(ccc4ccccc43)s2)cs1. The van der Waals surface area contributed by atoms with Crippen LogP contribution in [0.4, 0.5) is 5.13 Å². The van der Waals surface area contributed by atoms with E-state index in [4.69, 9.17) is 0 Å². The van der Waals surface area contributed by atoms with Crippen LogP contribution < -0.4 is 5.32 Å². The Morgan fingerprint density at radius 1 is 1.16 bits per heavy atom. The molecule has 0 bridgehead atoms. The topological polar surface area (TPSA) is 54.9 Å². The Bertz CT molecular complexity index is 1060. The summed E-state index contributed by atoms with van der Waals surface area (Å²) in [5, 5.41) is 8.84. The van der Waals surface area contributed by atoms with Crippen molar-refractivity contribution >= 4 is 54.7 Å². The van der Waals surface area contributed by atoms with Gasteiger partial charge >= 0.3 is 0 Å². The third-order valence-electron chi connectivity index (χ3n) is 3.93. The Morgan fingerprint density at radius 3 is 2.80 bits per heavy atom. The van der Waals surface area contributed by atoms with Gasteiger partial charge < -0.3 is 5.32 Å². The maximum absolute atomic E-state index is 12.3. The number of fused-ring (bicyclic) bond motifs is 3. The Morgan fingerprint density at radius 2 is 2.00 bits per heavy atom. The molecule has 0 saturated heterocycles. The Balaban J connectivity index is 1.55. The quantitative estimate of drug-likeness (QED) is 0.539. The zero-order chi connectivity index (χ0) is 17.4. The average molecular weight is 367 g/mol. The van der Waals surface area contributed by atoms with Crippen molar-refractivity contribution in [2.24, 2.45) is 0 Å². The van der Waals surface area contributed by atoms with E-state index < -0.39 is 0 Å². The minimum absolute atomic E-state index is 0.0797. The van der Waals surface area contributed by atoms with Crippen LogP contribution >= 0.6 is 22.7 Å². The van der Waals surface area contributed by atoms with Gasteiger partial charge in [-0.2, -0.15) is 0 Å². The molecule has 0 atom stereocenters. The van der Waals surface area contributed by atoms with Crippen LogP contribution in [0.15, 0.2) is 41.8 Å². The number of nitrogens with one attached hydrogen (secondary N) is 1. The van der Waals surface area contributed by atoms with E-state index >= 15 is 0 Å². The van der Waals surface area contributed by atoms with E-state index in [0.717, 1.165) is 31.7 Å². The number of hydrogen-bond acceptors (Lipinski definition) is 5. The van der Waals surface area contributed by atoms with E-state index in [2.05, 4.69) is 53.4 Å². The summed E-state index contributed by atoms with van der Waals surface area (Å²) in [6.07, 6.45) is 0.278. The lowest BCUT2D eigenvalue weighted by molar-refractivity contribution is -0.115. The predicted octanol–water partition coefficient (Wildman–Crippen LogP) is 5.21. The summed E-state index contributed by atoms with van der Waals surface area (Å²) in [6.45, 7) is 4.21. The molecule has 0 radical (unpaired) electrons. The van der Waals surface area contributed by atoms with Gasteiger partial charge in [0.05, 0.1) is 27.3 Å². The predicted molar refractivity (Wildman–Crippen MR) is 106 cm³/mol. The van der Waals surface area contributed by atoms with Crippen molar-refractivity contribution in [2.45, 2.75) is 26.2 Å². The fraction of sp³-hybridized carbons (Fsp3) is 0.211. The fourth-order valence-corrected chi connectivity index (χ4v) is 4.45. The molecule has 2 aromatic carbocycles. The number of hydrogen-bond donors (Lipinski definition) is 1. The highest BCUT2D eigenvalue weighted by Gasteiger charge is 2.13. The molecule has 6 heteroatoms. The number of nitrogens with zero attached hydrogens (tertiary/aromatic N) is 2. The number of carbonyl (C=O) groups is 1. The van der Waals surface area contributed by atoms with Gasteiger partial charge in [-0.1, -0.05) is 55.5 Å². The van der Waals surface area contributed by atoms with E-state index in [9.17, 15) is 4.79 Å². The van der Waals surface area contributed by atoms with Crippen molar-refractivity contribution in [1.29, 1.82) is 0 Å². The van der Waals surface area contributed by atoms with Gasteiger partial charge in [0, 0.05) is 16.7 Å². The average Bonchev–Trinajstić information content (AvgIpc) is 3.21. The summed E-state index contributed by atoms with van der Waals surface area (Å²) in [6, 6.07) is 12.3. The molecule has 0 aliphatic rings. The second kappa shape index (κ2) is 6.54. The monoisotopic (exact) mass is 367 g/mol. The molecule has 0 aliphatic carbocycles. The van der Waals surface area contributed by atoms with E-state index in [1.54, 1.807) is 11.3 Å². The number of benzene rings is 2. The van der Waals surface area contributed by atoms with E-state index in [1.807, 2.05) is 17.5 Å². The molecular weight excluding hydrogens is 350 g/mol. The number of thiazole rings is 2. The first-order chi connectivity index (χ1) is 12.1. The van der Waals surface area contributed by atoms with Crippen LogP contribution in [-0.2, 0) is 11.2 Å². The van der Waals surface area contributed by atoms with Gasteiger partial charge in [-0.05, 0) is 11.5 Å². The van der Waals surface area contributed by atoms with Crippen LogP contribution in [0.1, 0.15) is 30.5 Å². The first-order valence-electron chi connectivity index (χ1n) is 8.12. The summed E-state index contributed by atoms with van der Waals surface area (Å²) in [7, 11) is 0. The fourth-order valence-electron chi connectivity index (χ4n) is 2.71. The van der Waals surface area contributed by atoms with Crippen molar-refractivity contribution < 1.29 is 4.79 Å². The summed E-state index contributed by atoms with van der Waals surface area (Å²) in [5.41, 5.74) is 1.76. The molecule has 0 aliphatic heterocycles. The van der Waals surface area contributed by atoms with Gasteiger partial charge in [0.15, 0.2) is 5.13 Å². The number of carbonyl (C=O) groups excluding carboxylic acids is 1. The van der Waals surface area contributed by atoms with Crippen LogP contribution in [0.2, 0.25) is 0 Å². The third kappa shape index (κ3) is 3.27. The first kappa shape index (κ1) is 16.2. The van der Waals surface area contributed by atoms with Crippen LogP contribution in [0, 0.1) is 0 Å². The second-order valence-corrected chi connectivity index (χ2v) is 8.13. The van der Waals surface area contributed by atoms with Crippen LogP contribution in [0.25, 0.3) is 21.0 Å². The molecule has 0 spiro atoms. The van der Waals surface area contributed by atoms with Gasteiger partial charge in [0.1, 0.15) is 0 Å². The normalized spacial score (nSPS) is 11.5. The first-order valence-corrected chi connectivity index (χ1v) is 9.82. The van der Waals surface area contributed by atoms with Crippen molar-refractivity contribution in [3.63, 3.8) is 0 Å². The molecule has 1 amide bonds. The summed E-state index contributed by atoms with van der Waals surface area (Å²) < 4.78 is 1.07. The lowest BCUT2D eigenvalue weighted by Gasteiger charge is -1.99. The maximum Gasteiger partial charge on any atom is 0.232 e. The highest BCUT2D eigenvalue weighted by Crippen LogP contribution is 2.31. The minimum atomic E-state index is -0.0797. The van der Waals surface area contributed by atoms with Crippen LogP contribution in [0.3, 0.4) is 0 Å². The van der Waals surface area contributed by atoms with Gasteiger partial charge in [0.2, 0.25) is 5.91 Å². The molecule has 4 rings (SSSR count). The Labute approximate surface area is 153 Å².